The topological polar surface area (TPSA) is 133 Å². The number of unbranched alkanes of at least 4 members (excludes halogenated alkanes) is 1. The van der Waals surface area contributed by atoms with E-state index in [1.807, 2.05) is 72.9 Å². The smallest absolute Gasteiger partial charge is 0.243 e. The Kier molecular flexibility index (Phi) is 12.0. The van der Waals surface area contributed by atoms with Gasteiger partial charge in [0.05, 0.1) is 18.8 Å². The van der Waals surface area contributed by atoms with E-state index in [1.54, 1.807) is 5.48 Å². The highest BCUT2D eigenvalue weighted by Crippen LogP contribution is 2.38. The normalized spacial score (nSPS) is 18.5. The average Bonchev–Trinajstić information content (AvgIpc) is 3.02. The highest BCUT2D eigenvalue weighted by atomic mass is 16.7. The summed E-state index contributed by atoms with van der Waals surface area (Å²) in [5.74, 6) is -0.618. The molecular formula is C32H40N4O6. The van der Waals surface area contributed by atoms with Crippen LogP contribution in [0.4, 0.5) is 5.69 Å². The summed E-state index contributed by atoms with van der Waals surface area (Å²) in [5.41, 5.74) is 5.93. The molecule has 2 aromatic carbocycles. The number of rotatable bonds is 14. The van der Waals surface area contributed by atoms with E-state index in [2.05, 4.69) is 22.2 Å². The van der Waals surface area contributed by atoms with Crippen LogP contribution in [0.1, 0.15) is 66.9 Å². The molecule has 0 radical (unpaired) electrons. The van der Waals surface area contributed by atoms with E-state index in [4.69, 9.17) is 14.7 Å². The van der Waals surface area contributed by atoms with Crippen LogP contribution < -0.4 is 10.8 Å². The number of aliphatic hydroxyl groups is 1. The fraction of sp³-hybridized carbons (Fsp3) is 0.406. The van der Waals surface area contributed by atoms with Gasteiger partial charge in [-0.25, -0.2) is 5.48 Å². The van der Waals surface area contributed by atoms with E-state index in [0.717, 1.165) is 35.3 Å². The second-order valence-electron chi connectivity index (χ2n) is 10.6. The summed E-state index contributed by atoms with van der Waals surface area (Å²) in [6, 6.07) is 21.2. The average molecular weight is 577 g/mol. The molecule has 1 saturated heterocycles. The number of hydroxylamine groups is 1. The Morgan fingerprint density at radius 2 is 1.76 bits per heavy atom. The molecule has 10 heteroatoms. The van der Waals surface area contributed by atoms with E-state index in [9.17, 15) is 14.7 Å². The summed E-state index contributed by atoms with van der Waals surface area (Å²) >= 11 is 0. The molecule has 0 aliphatic carbocycles. The molecule has 0 unspecified atom stereocenters. The minimum atomic E-state index is -0.635. The van der Waals surface area contributed by atoms with Crippen molar-refractivity contribution >= 4 is 17.5 Å². The molecule has 4 rings (SSSR count). The van der Waals surface area contributed by atoms with Crippen molar-refractivity contribution in [2.75, 3.05) is 25.5 Å². The molecule has 3 atom stereocenters. The van der Waals surface area contributed by atoms with Crippen LogP contribution >= 0.6 is 0 Å². The summed E-state index contributed by atoms with van der Waals surface area (Å²) in [7, 11) is 2.08. The third-order valence-corrected chi connectivity index (χ3v) is 7.23. The van der Waals surface area contributed by atoms with Crippen molar-refractivity contribution in [3.05, 3.63) is 95.3 Å². The number of aromatic nitrogens is 1. The summed E-state index contributed by atoms with van der Waals surface area (Å²) in [6.45, 7) is 1.53. The Labute approximate surface area is 246 Å². The fourth-order valence-electron chi connectivity index (χ4n) is 4.94. The molecule has 224 valence electrons. The minimum absolute atomic E-state index is 0.0161. The number of amides is 2. The van der Waals surface area contributed by atoms with Crippen molar-refractivity contribution < 1.29 is 29.4 Å². The van der Waals surface area contributed by atoms with Gasteiger partial charge >= 0.3 is 0 Å². The van der Waals surface area contributed by atoms with Gasteiger partial charge in [-0.3, -0.25) is 19.8 Å². The Morgan fingerprint density at radius 1 is 0.976 bits per heavy atom. The Balaban J connectivity index is 1.41. The highest BCUT2D eigenvalue weighted by Gasteiger charge is 2.33. The Hall–Kier alpha value is -3.67. The second kappa shape index (κ2) is 16.1. The van der Waals surface area contributed by atoms with Gasteiger partial charge in [0.2, 0.25) is 11.8 Å². The molecule has 1 fully saturated rings. The highest BCUT2D eigenvalue weighted by molar-refractivity contribution is 5.90. The lowest BCUT2D eigenvalue weighted by atomic mass is 9.99. The SMILES string of the molecule is CN(CCc1ccccn1)C[C@@H]1C[C@H](c2ccc(CO)cc2)O[C@H](c2cccc(NC(=O)CCCCC(=O)NO)c2)O1. The van der Waals surface area contributed by atoms with E-state index in [0.29, 0.717) is 31.5 Å². The fourth-order valence-corrected chi connectivity index (χ4v) is 4.94. The van der Waals surface area contributed by atoms with Gasteiger partial charge in [-0.2, -0.15) is 0 Å². The predicted molar refractivity (Wildman–Crippen MR) is 157 cm³/mol. The number of nitrogens with zero attached hydrogens (tertiary/aromatic N) is 2. The molecule has 1 aliphatic heterocycles. The number of hydrogen-bond acceptors (Lipinski definition) is 8. The quantitative estimate of drug-likeness (QED) is 0.127. The van der Waals surface area contributed by atoms with Gasteiger partial charge < -0.3 is 24.8 Å². The molecule has 2 amide bonds. The van der Waals surface area contributed by atoms with Gasteiger partial charge in [-0.1, -0.05) is 42.5 Å². The lowest BCUT2D eigenvalue weighted by Gasteiger charge is -2.38. The number of carbonyl (C=O) groups is 2. The number of ether oxygens (including phenoxy) is 2. The molecule has 0 bridgehead atoms. The maximum Gasteiger partial charge on any atom is 0.243 e. The zero-order valence-corrected chi connectivity index (χ0v) is 23.9. The number of anilines is 1. The maximum absolute atomic E-state index is 12.5. The lowest BCUT2D eigenvalue weighted by molar-refractivity contribution is -0.252. The first-order valence-corrected chi connectivity index (χ1v) is 14.4. The van der Waals surface area contributed by atoms with Crippen LogP contribution in [0.25, 0.3) is 0 Å². The maximum atomic E-state index is 12.5. The van der Waals surface area contributed by atoms with Crippen molar-refractivity contribution in [1.29, 1.82) is 0 Å². The van der Waals surface area contributed by atoms with Crippen molar-refractivity contribution in [2.45, 2.75) is 63.6 Å². The van der Waals surface area contributed by atoms with Gasteiger partial charge in [0.15, 0.2) is 6.29 Å². The van der Waals surface area contributed by atoms with Crippen LogP contribution in [0.5, 0.6) is 0 Å². The Morgan fingerprint density at radius 3 is 2.48 bits per heavy atom. The monoisotopic (exact) mass is 576 g/mol. The first kappa shape index (κ1) is 31.3. The summed E-state index contributed by atoms with van der Waals surface area (Å²) in [4.78, 5) is 30.3. The van der Waals surface area contributed by atoms with Crippen molar-refractivity contribution in [1.82, 2.24) is 15.4 Å². The van der Waals surface area contributed by atoms with E-state index in [-0.39, 0.29) is 37.6 Å². The van der Waals surface area contributed by atoms with E-state index in [1.165, 1.54) is 0 Å². The summed E-state index contributed by atoms with van der Waals surface area (Å²) in [6.07, 6.45) is 3.84. The minimum Gasteiger partial charge on any atom is -0.392 e. The summed E-state index contributed by atoms with van der Waals surface area (Å²) < 4.78 is 12.9. The van der Waals surface area contributed by atoms with Gasteiger partial charge in [0.25, 0.3) is 0 Å². The van der Waals surface area contributed by atoms with Crippen LogP contribution in [-0.4, -0.2) is 58.3 Å². The van der Waals surface area contributed by atoms with Crippen LogP contribution in [0, 0.1) is 0 Å². The zero-order chi connectivity index (χ0) is 29.7. The Bertz CT molecular complexity index is 1270. The van der Waals surface area contributed by atoms with Crippen LogP contribution in [-0.2, 0) is 32.1 Å². The molecule has 1 aliphatic rings. The van der Waals surface area contributed by atoms with Crippen LogP contribution in [0.15, 0.2) is 72.9 Å². The van der Waals surface area contributed by atoms with Gasteiger partial charge in [-0.15, -0.1) is 0 Å². The summed E-state index contributed by atoms with van der Waals surface area (Å²) in [5, 5.41) is 21.0. The van der Waals surface area contributed by atoms with Crippen LogP contribution in [0.3, 0.4) is 0 Å². The molecular weight excluding hydrogens is 536 g/mol. The van der Waals surface area contributed by atoms with Gasteiger partial charge in [0.1, 0.15) is 0 Å². The molecule has 0 saturated carbocycles. The number of aliphatic hydroxyl groups excluding tert-OH is 1. The van der Waals surface area contributed by atoms with Crippen molar-refractivity contribution in [2.24, 2.45) is 0 Å². The van der Waals surface area contributed by atoms with E-state index >= 15 is 0 Å². The first-order valence-electron chi connectivity index (χ1n) is 14.4. The number of carbonyl (C=O) groups excluding carboxylic acids is 2. The van der Waals surface area contributed by atoms with Gasteiger partial charge in [0, 0.05) is 61.9 Å². The number of likely N-dealkylation sites (N-methyl/N-ethyl adjacent to an activating group) is 1. The molecule has 10 nitrogen and oxygen atoms in total. The molecule has 1 aromatic heterocycles. The van der Waals surface area contributed by atoms with Crippen LogP contribution in [0.2, 0.25) is 0 Å². The zero-order valence-electron chi connectivity index (χ0n) is 23.9. The van der Waals surface area contributed by atoms with Crippen molar-refractivity contribution in [3.8, 4) is 0 Å². The number of pyridine rings is 1. The molecule has 4 N–H and O–H groups in total. The first-order chi connectivity index (χ1) is 20.4. The van der Waals surface area contributed by atoms with E-state index < -0.39 is 12.2 Å². The predicted octanol–water partition coefficient (Wildman–Crippen LogP) is 4.30. The molecule has 0 spiro atoms. The third kappa shape index (κ3) is 9.71. The van der Waals surface area contributed by atoms with Crippen molar-refractivity contribution in [3.63, 3.8) is 0 Å². The number of benzene rings is 2. The second-order valence-corrected chi connectivity index (χ2v) is 10.6. The number of hydrogen-bond donors (Lipinski definition) is 4. The lowest BCUT2D eigenvalue weighted by Crippen LogP contribution is -2.38. The third-order valence-electron chi connectivity index (χ3n) is 7.23. The standard InChI is InChI=1S/C32H40N4O6/c1-36(18-16-26-8-4-5-17-33-26)21-28-20-29(24-14-12-23(22-37)13-15-24)42-32(41-28)25-7-6-9-27(19-25)34-30(38)10-2-3-11-31(39)35-40/h4-9,12-15,17,19,28-29,32,37,40H,2-3,10-11,16,18,20-22H2,1H3,(H,34,38)(H,35,39)/t28-,29+,32+/m0/s1. The van der Waals surface area contributed by atoms with Gasteiger partial charge in [-0.05, 0) is 55.3 Å². The molecule has 3 aromatic rings. The molecule has 42 heavy (non-hydrogen) atoms. The number of nitrogens with one attached hydrogen (secondary N) is 2. The molecule has 2 heterocycles. The largest absolute Gasteiger partial charge is 0.392 e.